The fourth-order valence-electron chi connectivity index (χ4n) is 4.40. The highest BCUT2D eigenvalue weighted by molar-refractivity contribution is 5.81. The van der Waals surface area contributed by atoms with Crippen LogP contribution in [0, 0.1) is 18.8 Å². The summed E-state index contributed by atoms with van der Waals surface area (Å²) >= 11 is 0. The minimum atomic E-state index is -2.87. The molecule has 1 aliphatic rings. The van der Waals surface area contributed by atoms with Crippen molar-refractivity contribution in [2.45, 2.75) is 72.8 Å². The molecule has 0 atom stereocenters. The maximum Gasteiger partial charge on any atom is 0.270 e. The van der Waals surface area contributed by atoms with Crippen LogP contribution >= 0.6 is 0 Å². The van der Waals surface area contributed by atoms with Crippen molar-refractivity contribution in [3.8, 4) is 0 Å². The lowest BCUT2D eigenvalue weighted by Crippen LogP contribution is -2.13. The Hall–Kier alpha value is -2.49. The first kappa shape index (κ1) is 24.2. The summed E-state index contributed by atoms with van der Waals surface area (Å²) in [6.45, 7) is 13.8. The van der Waals surface area contributed by atoms with E-state index in [1.54, 1.807) is 18.2 Å². The summed E-state index contributed by atoms with van der Waals surface area (Å²) in [7, 11) is 0. The monoisotopic (exact) mass is 438 g/mol. The topological polar surface area (TPSA) is 17.8 Å². The number of alkyl halides is 2. The molecule has 32 heavy (non-hydrogen) atoms. The van der Waals surface area contributed by atoms with E-state index in [0.717, 1.165) is 46.8 Å². The van der Waals surface area contributed by atoms with Crippen LogP contribution in [0.25, 0.3) is 16.6 Å². The van der Waals surface area contributed by atoms with Gasteiger partial charge in [-0.15, -0.1) is 0 Å². The minimum absolute atomic E-state index is 0.0600. The molecule has 1 heterocycles. The Morgan fingerprint density at radius 1 is 1.06 bits per heavy atom. The second-order valence-corrected chi connectivity index (χ2v) is 9.64. The number of imidazole rings is 1. The molecule has 172 valence electrons. The van der Waals surface area contributed by atoms with E-state index < -0.39 is 5.92 Å². The number of benzene rings is 2. The van der Waals surface area contributed by atoms with Gasteiger partial charge in [-0.25, -0.2) is 13.8 Å². The highest BCUT2D eigenvalue weighted by atomic mass is 19.3. The Bertz CT molecular complexity index is 1060. The first-order valence-corrected chi connectivity index (χ1v) is 11.6. The van der Waals surface area contributed by atoms with Crippen molar-refractivity contribution >= 4 is 16.6 Å². The molecule has 0 saturated heterocycles. The molecule has 4 rings (SSSR count). The van der Waals surface area contributed by atoms with Crippen LogP contribution < -0.4 is 0 Å². The van der Waals surface area contributed by atoms with Gasteiger partial charge in [0.05, 0.1) is 11.0 Å². The lowest BCUT2D eigenvalue weighted by atomic mass is 9.84. The zero-order valence-corrected chi connectivity index (χ0v) is 20.1. The molecule has 4 heteroatoms. The molecular weight excluding hydrogens is 402 g/mol. The molecule has 3 aromatic rings. The first-order chi connectivity index (χ1) is 15.1. The summed E-state index contributed by atoms with van der Waals surface area (Å²) in [5.74, 6) is -0.0240. The Morgan fingerprint density at radius 3 is 2.22 bits per heavy atom. The van der Waals surface area contributed by atoms with Crippen LogP contribution in [0.5, 0.6) is 0 Å². The van der Waals surface area contributed by atoms with Crippen LogP contribution in [-0.2, 0) is 12.5 Å². The van der Waals surface area contributed by atoms with Gasteiger partial charge in [-0.1, -0.05) is 82.0 Å². The smallest absolute Gasteiger partial charge is 0.270 e. The Kier molecular flexibility index (Phi) is 7.53. The van der Waals surface area contributed by atoms with E-state index in [2.05, 4.69) is 25.4 Å². The maximum absolute atomic E-state index is 13.9. The summed E-state index contributed by atoms with van der Waals surface area (Å²) in [4.78, 5) is 4.58. The van der Waals surface area contributed by atoms with Crippen molar-refractivity contribution in [3.63, 3.8) is 0 Å². The first-order valence-electron chi connectivity index (χ1n) is 11.6. The molecular formula is C28H36F2N2. The van der Waals surface area contributed by atoms with E-state index in [1.807, 2.05) is 36.6 Å². The van der Waals surface area contributed by atoms with Crippen LogP contribution in [0.15, 0.2) is 49.0 Å². The van der Waals surface area contributed by atoms with E-state index in [4.69, 9.17) is 0 Å². The maximum atomic E-state index is 13.9. The van der Waals surface area contributed by atoms with Crippen molar-refractivity contribution in [1.29, 1.82) is 0 Å². The average molecular weight is 439 g/mol. The van der Waals surface area contributed by atoms with Crippen molar-refractivity contribution in [3.05, 3.63) is 71.6 Å². The predicted octanol–water partition coefficient (Wildman–Crippen LogP) is 8.37. The third kappa shape index (κ3) is 5.85. The van der Waals surface area contributed by atoms with Crippen LogP contribution in [-0.4, -0.2) is 9.55 Å². The molecule has 0 bridgehead atoms. The highest BCUT2D eigenvalue weighted by Gasteiger charge is 2.27. The zero-order valence-electron chi connectivity index (χ0n) is 20.1. The molecule has 0 spiro atoms. The molecule has 0 amide bonds. The summed E-state index contributed by atoms with van der Waals surface area (Å²) in [6, 6.07) is 12.6. The number of hydrogen-bond donors (Lipinski definition) is 0. The number of hydrogen-bond acceptors (Lipinski definition) is 1. The quantitative estimate of drug-likeness (QED) is 0.400. The number of allylic oxidation sites excluding steroid dienone is 1. The molecule has 0 unspecified atom stereocenters. The van der Waals surface area contributed by atoms with Gasteiger partial charge in [-0.3, -0.25) is 0 Å². The van der Waals surface area contributed by atoms with Crippen molar-refractivity contribution in [2.75, 3.05) is 0 Å². The average Bonchev–Trinajstić information content (AvgIpc) is 3.04. The molecule has 1 aliphatic carbocycles. The lowest BCUT2D eigenvalue weighted by molar-refractivity contribution is 0.0164. The predicted molar refractivity (Wildman–Crippen MR) is 131 cm³/mol. The number of aryl methyl sites for hydroxylation is 1. The summed E-state index contributed by atoms with van der Waals surface area (Å²) < 4.78 is 29.7. The third-order valence-corrected chi connectivity index (χ3v) is 6.56. The van der Waals surface area contributed by atoms with Gasteiger partial charge >= 0.3 is 0 Å². The molecule has 1 aromatic heterocycles. The van der Waals surface area contributed by atoms with Crippen LogP contribution in [0.3, 0.4) is 0 Å². The third-order valence-electron chi connectivity index (χ3n) is 6.56. The molecule has 0 radical (unpaired) electrons. The molecule has 2 nitrogen and oxygen atoms in total. The number of fused-ring (bicyclic) bond motifs is 1. The second kappa shape index (κ2) is 9.97. The lowest BCUT2D eigenvalue weighted by Gasteiger charge is -2.22. The summed E-state index contributed by atoms with van der Waals surface area (Å²) in [5, 5.41) is 0. The van der Waals surface area contributed by atoms with Gasteiger partial charge in [0.15, 0.2) is 0 Å². The summed E-state index contributed by atoms with van der Waals surface area (Å²) in [5.41, 5.74) is 4.47. The molecule has 0 aliphatic heterocycles. The largest absolute Gasteiger partial charge is 0.324 e. The van der Waals surface area contributed by atoms with Crippen molar-refractivity contribution < 1.29 is 8.78 Å². The summed E-state index contributed by atoms with van der Waals surface area (Å²) in [6.07, 6.45) is 5.89. The van der Waals surface area contributed by atoms with Gasteiger partial charge in [0.25, 0.3) is 5.92 Å². The molecule has 0 N–H and O–H groups in total. The standard InChI is InChI=1S/C20H20F2N2.C8H16/c1-13(2)15-9-10-19-18(11-15)23-14(3)24(19)12-16-7-5-6-8-17(16)20(4,21)22;1-7-3-5-8(2)6-4-7/h5-11H,1,12H2,2-4H3;7-8H,3-6H2,1-2H3. The molecule has 2 aromatic carbocycles. The van der Waals surface area contributed by atoms with Crippen LogP contribution in [0.4, 0.5) is 8.78 Å². The van der Waals surface area contributed by atoms with Gasteiger partial charge in [0.2, 0.25) is 0 Å². The number of aromatic nitrogens is 2. The van der Waals surface area contributed by atoms with E-state index in [-0.39, 0.29) is 5.56 Å². The Morgan fingerprint density at radius 2 is 1.66 bits per heavy atom. The second-order valence-electron chi connectivity index (χ2n) is 9.64. The van der Waals surface area contributed by atoms with Crippen LogP contribution in [0.1, 0.15) is 75.9 Å². The van der Waals surface area contributed by atoms with Gasteiger partial charge in [0.1, 0.15) is 5.82 Å². The molecule has 1 saturated carbocycles. The van der Waals surface area contributed by atoms with Gasteiger partial charge in [0, 0.05) is 19.0 Å². The number of halogens is 2. The van der Waals surface area contributed by atoms with E-state index in [9.17, 15) is 8.78 Å². The fourth-order valence-corrected chi connectivity index (χ4v) is 4.40. The van der Waals surface area contributed by atoms with Gasteiger partial charge < -0.3 is 4.57 Å². The van der Waals surface area contributed by atoms with Crippen molar-refractivity contribution in [2.24, 2.45) is 11.8 Å². The van der Waals surface area contributed by atoms with E-state index >= 15 is 0 Å². The van der Waals surface area contributed by atoms with Gasteiger partial charge in [-0.2, -0.15) is 0 Å². The Labute approximate surface area is 191 Å². The zero-order chi connectivity index (χ0) is 23.5. The van der Waals surface area contributed by atoms with Crippen molar-refractivity contribution in [1.82, 2.24) is 9.55 Å². The van der Waals surface area contributed by atoms with E-state index in [1.165, 1.54) is 31.7 Å². The minimum Gasteiger partial charge on any atom is -0.324 e. The highest BCUT2D eigenvalue weighted by Crippen LogP contribution is 2.31. The fraction of sp³-hybridized carbons (Fsp3) is 0.464. The van der Waals surface area contributed by atoms with Crippen LogP contribution in [0.2, 0.25) is 0 Å². The molecule has 1 fully saturated rings. The van der Waals surface area contributed by atoms with E-state index in [0.29, 0.717) is 12.1 Å². The number of rotatable bonds is 4. The SMILES string of the molecule is C=C(C)c1ccc2c(c1)nc(C)n2Cc1ccccc1C(C)(F)F.CC1CCC(C)CC1. The normalized spacial score (nSPS) is 18.8. The number of nitrogens with zero attached hydrogens (tertiary/aromatic N) is 2. The Balaban J connectivity index is 0.000000305. The van der Waals surface area contributed by atoms with Gasteiger partial charge in [-0.05, 0) is 48.9 Å².